The Morgan fingerprint density at radius 2 is 1.66 bits per heavy atom. The van der Waals surface area contributed by atoms with Crippen molar-refractivity contribution in [1.29, 1.82) is 0 Å². The van der Waals surface area contributed by atoms with E-state index in [1.54, 1.807) is 18.3 Å². The molecule has 2 aromatic heterocycles. The highest BCUT2D eigenvalue weighted by molar-refractivity contribution is 5.96. The molecule has 2 aliphatic rings. The van der Waals surface area contributed by atoms with E-state index in [4.69, 9.17) is 0 Å². The molecule has 0 N–H and O–H groups in total. The highest BCUT2D eigenvalue weighted by atomic mass is 16.2. The second kappa shape index (κ2) is 7.43. The molecule has 1 atom stereocenters. The highest BCUT2D eigenvalue weighted by Crippen LogP contribution is 2.22. The molecule has 10 heteroatoms. The van der Waals surface area contributed by atoms with Gasteiger partial charge in [-0.2, -0.15) is 5.10 Å². The summed E-state index contributed by atoms with van der Waals surface area (Å²) in [6, 6.07) is 3.71. The third kappa shape index (κ3) is 3.55. The average Bonchev–Trinajstić information content (AvgIpc) is 3.07. The van der Waals surface area contributed by atoms with Gasteiger partial charge in [0.1, 0.15) is 12.1 Å². The van der Waals surface area contributed by atoms with Gasteiger partial charge in [0.15, 0.2) is 5.82 Å². The van der Waals surface area contributed by atoms with Gasteiger partial charge in [-0.15, -0.1) is 0 Å². The number of carbonyl (C=O) groups is 2. The number of hydrogen-bond acceptors (Lipinski definition) is 7. The van der Waals surface area contributed by atoms with E-state index in [9.17, 15) is 9.59 Å². The van der Waals surface area contributed by atoms with Crippen molar-refractivity contribution in [2.24, 2.45) is 0 Å². The molecule has 1 unspecified atom stereocenters. The van der Waals surface area contributed by atoms with Gasteiger partial charge in [0.05, 0.1) is 18.3 Å². The van der Waals surface area contributed by atoms with Crippen LogP contribution in [0, 0.1) is 13.8 Å². The Morgan fingerprint density at radius 1 is 0.966 bits per heavy atom. The Hall–Kier alpha value is -3.01. The van der Waals surface area contributed by atoms with Crippen molar-refractivity contribution in [3.63, 3.8) is 0 Å². The molecule has 154 valence electrons. The van der Waals surface area contributed by atoms with Crippen LogP contribution in [0.1, 0.15) is 17.8 Å². The van der Waals surface area contributed by atoms with Crippen molar-refractivity contribution >= 4 is 17.8 Å². The number of imide groups is 1. The van der Waals surface area contributed by atoms with Crippen LogP contribution in [-0.4, -0.2) is 92.8 Å². The van der Waals surface area contributed by atoms with Crippen molar-refractivity contribution in [2.75, 3.05) is 45.2 Å². The quantitative estimate of drug-likeness (QED) is 0.749. The summed E-state index contributed by atoms with van der Waals surface area (Å²) in [4.78, 5) is 40.4. The average molecular weight is 398 g/mol. The van der Waals surface area contributed by atoms with E-state index in [0.29, 0.717) is 6.42 Å². The van der Waals surface area contributed by atoms with Gasteiger partial charge in [-0.3, -0.25) is 14.6 Å². The summed E-state index contributed by atoms with van der Waals surface area (Å²) in [6.45, 7) is 6.98. The van der Waals surface area contributed by atoms with E-state index in [0.717, 1.165) is 49.2 Å². The normalized spacial score (nSPS) is 21.2. The zero-order chi connectivity index (χ0) is 20.7. The number of urea groups is 1. The molecule has 4 rings (SSSR count). The second-order valence-corrected chi connectivity index (χ2v) is 7.63. The second-order valence-electron chi connectivity index (χ2n) is 7.63. The molecule has 10 nitrogen and oxygen atoms in total. The highest BCUT2D eigenvalue weighted by Gasteiger charge is 2.38. The fraction of sp³-hybridized carbons (Fsp3) is 0.526. The van der Waals surface area contributed by atoms with E-state index < -0.39 is 0 Å². The maximum atomic E-state index is 12.2. The lowest BCUT2D eigenvalue weighted by atomic mass is 10.1. The smallest absolute Gasteiger partial charge is 0.327 e. The number of hydrogen-bond donors (Lipinski definition) is 0. The van der Waals surface area contributed by atoms with Crippen molar-refractivity contribution < 1.29 is 9.59 Å². The first kappa shape index (κ1) is 19.3. The molecule has 0 aromatic carbocycles. The molecule has 0 spiro atoms. The van der Waals surface area contributed by atoms with E-state index in [-0.39, 0.29) is 18.1 Å². The van der Waals surface area contributed by atoms with Crippen LogP contribution in [0.25, 0.3) is 5.82 Å². The predicted molar refractivity (Wildman–Crippen MR) is 107 cm³/mol. The summed E-state index contributed by atoms with van der Waals surface area (Å²) in [5, 5.41) is 4.49. The summed E-state index contributed by atoms with van der Waals surface area (Å²) in [5.41, 5.74) is 1.97. The maximum absolute atomic E-state index is 12.2. The standard InChI is InChI=1S/C19H26N8O2/c1-13-9-14(2)27(22-13)16-10-15(20-12-21-16)25-5-7-26(8-6-25)17-11-18(28)24(4)19(29)23(17)3/h9-10,12,17H,5-8,11H2,1-4H3. The molecular formula is C19H26N8O2. The number of aryl methyl sites for hydroxylation is 2. The molecular weight excluding hydrogens is 372 g/mol. The molecule has 2 aromatic rings. The minimum atomic E-state index is -0.251. The Morgan fingerprint density at radius 3 is 2.31 bits per heavy atom. The molecule has 29 heavy (non-hydrogen) atoms. The zero-order valence-corrected chi connectivity index (χ0v) is 17.2. The van der Waals surface area contributed by atoms with Crippen molar-refractivity contribution in [3.8, 4) is 5.82 Å². The number of amides is 3. The number of nitrogens with zero attached hydrogens (tertiary/aromatic N) is 8. The monoisotopic (exact) mass is 398 g/mol. The Bertz CT molecular complexity index is 934. The fourth-order valence-corrected chi connectivity index (χ4v) is 4.01. The van der Waals surface area contributed by atoms with Crippen LogP contribution in [0.2, 0.25) is 0 Å². The van der Waals surface area contributed by atoms with Crippen molar-refractivity contribution in [2.45, 2.75) is 26.4 Å². The van der Waals surface area contributed by atoms with Crippen LogP contribution >= 0.6 is 0 Å². The summed E-state index contributed by atoms with van der Waals surface area (Å²) in [5.74, 6) is 1.46. The van der Waals surface area contributed by atoms with Gasteiger partial charge in [-0.25, -0.2) is 19.4 Å². The Kier molecular flexibility index (Phi) is 4.95. The summed E-state index contributed by atoms with van der Waals surface area (Å²) >= 11 is 0. The lowest BCUT2D eigenvalue weighted by Gasteiger charge is -2.45. The predicted octanol–water partition coefficient (Wildman–Crippen LogP) is 0.641. The first-order valence-corrected chi connectivity index (χ1v) is 9.73. The number of piperazine rings is 1. The van der Waals surface area contributed by atoms with Gasteiger partial charge in [-0.05, 0) is 19.9 Å². The van der Waals surface area contributed by atoms with Crippen molar-refractivity contribution in [1.82, 2.24) is 34.4 Å². The van der Waals surface area contributed by atoms with Gasteiger partial charge in [0.2, 0.25) is 5.91 Å². The van der Waals surface area contributed by atoms with Crippen LogP contribution in [0.3, 0.4) is 0 Å². The first-order valence-electron chi connectivity index (χ1n) is 9.73. The number of rotatable bonds is 3. The Labute approximate surface area is 169 Å². The van der Waals surface area contributed by atoms with Gasteiger partial charge in [0.25, 0.3) is 0 Å². The molecule has 0 bridgehead atoms. The topological polar surface area (TPSA) is 90.7 Å². The number of carbonyl (C=O) groups excluding carboxylic acids is 2. The van der Waals surface area contributed by atoms with Gasteiger partial charge in [0, 0.05) is 52.0 Å². The molecule has 0 saturated carbocycles. The van der Waals surface area contributed by atoms with E-state index in [2.05, 4.69) is 24.9 Å². The van der Waals surface area contributed by atoms with Gasteiger partial charge < -0.3 is 9.80 Å². The molecule has 3 amide bonds. The van der Waals surface area contributed by atoms with Crippen molar-refractivity contribution in [3.05, 3.63) is 29.8 Å². The molecule has 2 saturated heterocycles. The van der Waals surface area contributed by atoms with E-state index >= 15 is 0 Å². The van der Waals surface area contributed by atoms with Crippen LogP contribution in [-0.2, 0) is 4.79 Å². The third-order valence-corrected chi connectivity index (χ3v) is 5.69. The fourth-order valence-electron chi connectivity index (χ4n) is 4.01. The first-order chi connectivity index (χ1) is 13.8. The SMILES string of the molecule is Cc1cc(C)n(-c2cc(N3CCN(C4CC(=O)N(C)C(=O)N4C)CC3)ncn2)n1. The third-order valence-electron chi connectivity index (χ3n) is 5.69. The molecule has 2 aliphatic heterocycles. The number of aromatic nitrogens is 4. The van der Waals surface area contributed by atoms with Crippen LogP contribution in [0.5, 0.6) is 0 Å². The minimum Gasteiger partial charge on any atom is -0.354 e. The molecule has 0 radical (unpaired) electrons. The largest absolute Gasteiger partial charge is 0.354 e. The van der Waals surface area contributed by atoms with Crippen LogP contribution in [0.15, 0.2) is 18.5 Å². The minimum absolute atomic E-state index is 0.133. The van der Waals surface area contributed by atoms with E-state index in [1.165, 1.54) is 11.9 Å². The van der Waals surface area contributed by atoms with Gasteiger partial charge >= 0.3 is 6.03 Å². The van der Waals surface area contributed by atoms with Gasteiger partial charge in [-0.1, -0.05) is 0 Å². The lowest BCUT2D eigenvalue weighted by Crippen LogP contribution is -2.62. The summed E-state index contributed by atoms with van der Waals surface area (Å²) in [7, 11) is 3.29. The van der Waals surface area contributed by atoms with Crippen LogP contribution in [0.4, 0.5) is 10.6 Å². The lowest BCUT2D eigenvalue weighted by molar-refractivity contribution is -0.134. The van der Waals surface area contributed by atoms with Crippen LogP contribution < -0.4 is 4.90 Å². The molecule has 4 heterocycles. The summed E-state index contributed by atoms with van der Waals surface area (Å²) < 4.78 is 1.82. The van der Waals surface area contributed by atoms with E-state index in [1.807, 2.05) is 30.7 Å². The number of anilines is 1. The molecule has 2 fully saturated rings. The maximum Gasteiger partial charge on any atom is 0.327 e. The Balaban J connectivity index is 1.45. The zero-order valence-electron chi connectivity index (χ0n) is 17.2. The summed E-state index contributed by atoms with van der Waals surface area (Å²) in [6.07, 6.45) is 1.70. The molecule has 0 aliphatic carbocycles.